The Morgan fingerprint density at radius 1 is 0.975 bits per heavy atom. The zero-order chi connectivity index (χ0) is 27.7. The van der Waals surface area contributed by atoms with E-state index in [9.17, 15) is 13.2 Å². The van der Waals surface area contributed by atoms with E-state index < -0.39 is 5.51 Å². The summed E-state index contributed by atoms with van der Waals surface area (Å²) in [5.74, 6) is 2.49. The molecule has 0 fully saturated rings. The van der Waals surface area contributed by atoms with Crippen LogP contribution in [0.3, 0.4) is 0 Å². The highest BCUT2D eigenvalue weighted by Gasteiger charge is 2.29. The maximum absolute atomic E-state index is 12.6. The van der Waals surface area contributed by atoms with Crippen LogP contribution in [0.15, 0.2) is 101 Å². The topological polar surface area (TPSA) is 76.4 Å². The minimum atomic E-state index is -4.32. The lowest BCUT2D eigenvalue weighted by Crippen LogP contribution is -2.24. The third-order valence-corrected chi connectivity index (χ3v) is 7.09. The van der Waals surface area contributed by atoms with Gasteiger partial charge in [0.2, 0.25) is 5.95 Å². The summed E-state index contributed by atoms with van der Waals surface area (Å²) in [6, 6.07) is 25.5. The Morgan fingerprint density at radius 2 is 1.75 bits per heavy atom. The van der Waals surface area contributed by atoms with Crippen molar-refractivity contribution in [3.8, 4) is 11.5 Å². The quantitative estimate of drug-likeness (QED) is 0.205. The highest BCUT2D eigenvalue weighted by molar-refractivity contribution is 8.00. The number of rotatable bonds is 7. The van der Waals surface area contributed by atoms with E-state index in [0.29, 0.717) is 40.9 Å². The van der Waals surface area contributed by atoms with Crippen molar-refractivity contribution >= 4 is 40.3 Å². The number of anilines is 2. The summed E-state index contributed by atoms with van der Waals surface area (Å²) in [6.45, 7) is 0.634. The number of hydrogen-bond donors (Lipinski definition) is 2. The second-order valence-electron chi connectivity index (χ2n) is 9.12. The second kappa shape index (κ2) is 10.6. The van der Waals surface area contributed by atoms with Gasteiger partial charge in [-0.3, -0.25) is 9.98 Å². The summed E-state index contributed by atoms with van der Waals surface area (Å²) in [4.78, 5) is 13.9. The van der Waals surface area contributed by atoms with Crippen LogP contribution in [-0.4, -0.2) is 32.4 Å². The van der Waals surface area contributed by atoms with Crippen molar-refractivity contribution < 1.29 is 17.9 Å². The zero-order valence-electron chi connectivity index (χ0n) is 21.2. The summed E-state index contributed by atoms with van der Waals surface area (Å²) in [5, 5.41) is 6.61. The number of imidazole rings is 1. The summed E-state index contributed by atoms with van der Waals surface area (Å²) in [5.41, 5.74) is -0.260. The van der Waals surface area contributed by atoms with E-state index in [0.717, 1.165) is 11.4 Å². The fourth-order valence-corrected chi connectivity index (χ4v) is 4.97. The first kappa shape index (κ1) is 25.8. The Morgan fingerprint density at radius 3 is 2.52 bits per heavy atom. The maximum Gasteiger partial charge on any atom is 0.446 e. The highest BCUT2D eigenvalue weighted by atomic mass is 32.2. The molecule has 3 heterocycles. The Bertz CT molecular complexity index is 1690. The number of aryl methyl sites for hydroxylation is 1. The number of aromatic nitrogens is 3. The number of thioether (sulfide) groups is 1. The maximum atomic E-state index is 12.6. The van der Waals surface area contributed by atoms with Crippen molar-refractivity contribution in [1.29, 1.82) is 0 Å². The van der Waals surface area contributed by atoms with Gasteiger partial charge in [-0.25, -0.2) is 4.98 Å². The standard InChI is InChI=1S/C29H23F3N6OS/c1-38-26-12-9-20(15-23(26)37-28(38)35-19-7-10-22(11-8-19)40-29(30,31)32)39-21-13-14-33-24(16-21)27-34-17-25(36-27)18-5-3-2-4-6-18/h2-16,25H,17H2,1H3,(H,34,36)(H,35,37). The molecule has 202 valence electrons. The fourth-order valence-electron chi connectivity index (χ4n) is 4.43. The first-order valence-electron chi connectivity index (χ1n) is 12.4. The molecule has 6 rings (SSSR count). The fraction of sp³-hybridized carbons (Fsp3) is 0.138. The molecule has 0 saturated carbocycles. The average molecular weight is 561 g/mol. The Hall–Kier alpha value is -4.51. The van der Waals surface area contributed by atoms with Crippen LogP contribution in [0.2, 0.25) is 0 Å². The third kappa shape index (κ3) is 5.74. The molecule has 2 aromatic heterocycles. The van der Waals surface area contributed by atoms with E-state index in [2.05, 4.69) is 37.7 Å². The van der Waals surface area contributed by atoms with E-state index in [1.165, 1.54) is 17.7 Å². The number of alkyl halides is 3. The van der Waals surface area contributed by atoms with Crippen LogP contribution in [0.1, 0.15) is 17.3 Å². The van der Waals surface area contributed by atoms with Crippen molar-refractivity contribution in [2.24, 2.45) is 12.0 Å². The van der Waals surface area contributed by atoms with E-state index in [4.69, 9.17) is 4.74 Å². The molecule has 0 saturated heterocycles. The molecule has 40 heavy (non-hydrogen) atoms. The van der Waals surface area contributed by atoms with Gasteiger partial charge in [-0.1, -0.05) is 30.3 Å². The highest BCUT2D eigenvalue weighted by Crippen LogP contribution is 2.37. The molecule has 1 aliphatic rings. The SMILES string of the molecule is Cn1c(Nc2ccc(SC(F)(F)F)cc2)nc2cc(Oc3ccnc(C4=NCC(c5ccccc5)N4)c3)ccc21. The van der Waals surface area contributed by atoms with Crippen LogP contribution in [0.4, 0.5) is 24.8 Å². The summed E-state index contributed by atoms with van der Waals surface area (Å²) in [6.07, 6.45) is 1.69. The molecule has 0 bridgehead atoms. The molecule has 1 aliphatic heterocycles. The smallest absolute Gasteiger partial charge is 0.446 e. The van der Waals surface area contributed by atoms with Crippen LogP contribution in [0.5, 0.6) is 11.5 Å². The number of nitrogens with zero attached hydrogens (tertiary/aromatic N) is 4. The van der Waals surface area contributed by atoms with Crippen molar-refractivity contribution in [2.75, 3.05) is 11.9 Å². The summed E-state index contributed by atoms with van der Waals surface area (Å²) in [7, 11) is 1.86. The summed E-state index contributed by atoms with van der Waals surface area (Å²) >= 11 is -0.145. The Labute approximate surface area is 232 Å². The minimum Gasteiger partial charge on any atom is -0.457 e. The van der Waals surface area contributed by atoms with Crippen LogP contribution in [0, 0.1) is 0 Å². The lowest BCUT2D eigenvalue weighted by molar-refractivity contribution is -0.0328. The van der Waals surface area contributed by atoms with Gasteiger partial charge in [-0.05, 0) is 59.8 Å². The number of pyridine rings is 1. The second-order valence-corrected chi connectivity index (χ2v) is 10.3. The van der Waals surface area contributed by atoms with Gasteiger partial charge in [0.25, 0.3) is 0 Å². The molecule has 0 radical (unpaired) electrons. The van der Waals surface area contributed by atoms with E-state index >= 15 is 0 Å². The van der Waals surface area contributed by atoms with Gasteiger partial charge in [-0.15, -0.1) is 0 Å². The van der Waals surface area contributed by atoms with Crippen LogP contribution in [-0.2, 0) is 7.05 Å². The molecule has 0 spiro atoms. The first-order chi connectivity index (χ1) is 19.3. The Balaban J connectivity index is 1.15. The largest absolute Gasteiger partial charge is 0.457 e. The monoisotopic (exact) mass is 560 g/mol. The van der Waals surface area contributed by atoms with Crippen molar-refractivity contribution in [1.82, 2.24) is 19.9 Å². The minimum absolute atomic E-state index is 0.105. The number of nitrogens with one attached hydrogen (secondary N) is 2. The molecular weight excluding hydrogens is 537 g/mol. The van der Waals surface area contributed by atoms with Gasteiger partial charge in [0.15, 0.2) is 0 Å². The van der Waals surface area contributed by atoms with Crippen LogP contribution < -0.4 is 15.4 Å². The number of benzene rings is 3. The van der Waals surface area contributed by atoms with E-state index in [1.54, 1.807) is 24.4 Å². The van der Waals surface area contributed by atoms with Crippen molar-refractivity contribution in [3.05, 3.63) is 102 Å². The molecule has 0 amide bonds. The molecule has 3 aromatic carbocycles. The first-order valence-corrected chi connectivity index (χ1v) is 13.2. The predicted octanol–water partition coefficient (Wildman–Crippen LogP) is 7.21. The number of amidine groups is 1. The van der Waals surface area contributed by atoms with Gasteiger partial charge >= 0.3 is 5.51 Å². The molecule has 0 aliphatic carbocycles. The van der Waals surface area contributed by atoms with Gasteiger partial charge in [0.05, 0.1) is 23.6 Å². The zero-order valence-corrected chi connectivity index (χ0v) is 22.0. The molecule has 5 aromatic rings. The Kier molecular flexibility index (Phi) is 6.81. The lowest BCUT2D eigenvalue weighted by atomic mass is 10.1. The van der Waals surface area contributed by atoms with Gasteiger partial charge in [-0.2, -0.15) is 13.2 Å². The molecule has 7 nitrogen and oxygen atoms in total. The molecular formula is C29H23F3N6OS. The van der Waals surface area contributed by atoms with Gasteiger partial charge in [0, 0.05) is 36.0 Å². The van der Waals surface area contributed by atoms with Gasteiger partial charge in [0.1, 0.15) is 23.0 Å². The van der Waals surface area contributed by atoms with Crippen LogP contribution in [0.25, 0.3) is 11.0 Å². The average Bonchev–Trinajstić information content (AvgIpc) is 3.55. The molecule has 1 unspecified atom stereocenters. The predicted molar refractivity (Wildman–Crippen MR) is 150 cm³/mol. The molecule has 11 heteroatoms. The number of fused-ring (bicyclic) bond motifs is 1. The van der Waals surface area contributed by atoms with E-state index in [1.807, 2.05) is 54.1 Å². The number of ether oxygens (including phenoxy) is 1. The normalized spacial score (nSPS) is 15.1. The number of hydrogen-bond acceptors (Lipinski definition) is 7. The lowest BCUT2D eigenvalue weighted by Gasteiger charge is -2.12. The van der Waals surface area contributed by atoms with Crippen molar-refractivity contribution in [3.63, 3.8) is 0 Å². The van der Waals surface area contributed by atoms with Crippen molar-refractivity contribution in [2.45, 2.75) is 16.4 Å². The number of aliphatic imine (C=N–C) groups is 1. The number of halogens is 3. The van der Waals surface area contributed by atoms with Gasteiger partial charge < -0.3 is 19.9 Å². The molecule has 1 atom stereocenters. The molecule has 2 N–H and O–H groups in total. The third-order valence-electron chi connectivity index (χ3n) is 6.35. The van der Waals surface area contributed by atoms with Crippen LogP contribution >= 0.6 is 11.8 Å². The van der Waals surface area contributed by atoms with E-state index in [-0.39, 0.29) is 22.7 Å². The summed E-state index contributed by atoms with van der Waals surface area (Å²) < 4.78 is 45.8.